The molecule has 2 fully saturated rings. The maximum atomic E-state index is 8.00. The van der Waals surface area contributed by atoms with Gasteiger partial charge in [0.05, 0.1) is 5.84 Å². The average molecular weight is 226 g/mol. The average Bonchev–Trinajstić information content (AvgIpc) is 2.68. The molecule has 0 radical (unpaired) electrons. The zero-order chi connectivity index (χ0) is 10.7. The fraction of sp³-hybridized carbons (Fsp3) is 0.917. The van der Waals surface area contributed by atoms with Gasteiger partial charge in [-0.1, -0.05) is 6.92 Å². The van der Waals surface area contributed by atoms with Crippen LogP contribution in [0.2, 0.25) is 0 Å². The second-order valence-corrected chi connectivity index (χ2v) is 6.22. The monoisotopic (exact) mass is 226 g/mol. The molecule has 2 unspecified atom stereocenters. The summed E-state index contributed by atoms with van der Waals surface area (Å²) in [6.45, 7) is 3.40. The van der Waals surface area contributed by atoms with Crippen LogP contribution >= 0.6 is 11.8 Å². The summed E-state index contributed by atoms with van der Waals surface area (Å²) in [4.78, 5) is 2.39. The molecule has 0 aromatic carbocycles. The van der Waals surface area contributed by atoms with E-state index in [0.717, 1.165) is 24.1 Å². The van der Waals surface area contributed by atoms with Crippen molar-refractivity contribution in [1.82, 2.24) is 4.90 Å². The molecule has 15 heavy (non-hydrogen) atoms. The minimum atomic E-state index is 0.696. The van der Waals surface area contributed by atoms with E-state index in [2.05, 4.69) is 23.6 Å². The van der Waals surface area contributed by atoms with E-state index in [1.807, 2.05) is 0 Å². The number of hydrogen-bond donors (Lipinski definition) is 1. The second kappa shape index (κ2) is 5.24. The zero-order valence-electron chi connectivity index (χ0n) is 9.67. The van der Waals surface area contributed by atoms with Crippen molar-refractivity contribution >= 4 is 17.6 Å². The summed E-state index contributed by atoms with van der Waals surface area (Å²) in [7, 11) is 0. The van der Waals surface area contributed by atoms with Gasteiger partial charge in [0.1, 0.15) is 0 Å². The Labute approximate surface area is 97.3 Å². The standard InChI is InChI=1S/C12H22N2S/c1-2-15-11-7-6-10(9-11)14-8-4-3-5-12(14)13/h10-11,13H,2-9H2,1H3. The van der Waals surface area contributed by atoms with Crippen molar-refractivity contribution in [2.24, 2.45) is 0 Å². The van der Waals surface area contributed by atoms with Crippen molar-refractivity contribution in [2.75, 3.05) is 12.3 Å². The predicted molar refractivity (Wildman–Crippen MR) is 67.8 cm³/mol. The second-order valence-electron chi connectivity index (χ2n) is 4.64. The molecular formula is C12H22N2S. The van der Waals surface area contributed by atoms with Crippen LogP contribution < -0.4 is 0 Å². The maximum absolute atomic E-state index is 8.00. The van der Waals surface area contributed by atoms with Gasteiger partial charge in [-0.2, -0.15) is 11.8 Å². The molecule has 2 atom stereocenters. The van der Waals surface area contributed by atoms with Gasteiger partial charge in [0.15, 0.2) is 0 Å². The molecule has 0 aromatic rings. The van der Waals surface area contributed by atoms with E-state index in [4.69, 9.17) is 5.41 Å². The lowest BCUT2D eigenvalue weighted by molar-refractivity contribution is 0.283. The highest BCUT2D eigenvalue weighted by molar-refractivity contribution is 7.99. The van der Waals surface area contributed by atoms with Crippen LogP contribution in [0.4, 0.5) is 0 Å². The van der Waals surface area contributed by atoms with Gasteiger partial charge < -0.3 is 4.90 Å². The highest BCUT2D eigenvalue weighted by Gasteiger charge is 2.31. The van der Waals surface area contributed by atoms with Crippen LogP contribution in [0, 0.1) is 5.41 Å². The van der Waals surface area contributed by atoms with Crippen molar-refractivity contribution < 1.29 is 0 Å². The molecule has 1 heterocycles. The molecule has 0 spiro atoms. The first-order valence-corrected chi connectivity index (χ1v) is 7.31. The number of thioether (sulfide) groups is 1. The number of nitrogens with zero attached hydrogens (tertiary/aromatic N) is 1. The molecule has 1 aliphatic carbocycles. The summed E-state index contributed by atoms with van der Waals surface area (Å²) in [6, 6.07) is 0.696. The fourth-order valence-corrected chi connectivity index (χ4v) is 3.98. The number of hydrogen-bond acceptors (Lipinski definition) is 2. The third kappa shape index (κ3) is 2.68. The van der Waals surface area contributed by atoms with E-state index in [0.29, 0.717) is 6.04 Å². The Morgan fingerprint density at radius 3 is 3.00 bits per heavy atom. The minimum absolute atomic E-state index is 0.696. The quantitative estimate of drug-likeness (QED) is 0.800. The number of rotatable bonds is 3. The van der Waals surface area contributed by atoms with Gasteiger partial charge >= 0.3 is 0 Å². The Morgan fingerprint density at radius 2 is 2.27 bits per heavy atom. The van der Waals surface area contributed by atoms with Crippen molar-refractivity contribution in [3.8, 4) is 0 Å². The molecule has 0 bridgehead atoms. The van der Waals surface area contributed by atoms with Gasteiger partial charge in [0.25, 0.3) is 0 Å². The molecule has 0 aromatic heterocycles. The molecule has 1 aliphatic heterocycles. The number of likely N-dealkylation sites (tertiary alicyclic amines) is 1. The summed E-state index contributed by atoms with van der Waals surface area (Å²) in [5.74, 6) is 2.16. The van der Waals surface area contributed by atoms with Gasteiger partial charge in [0, 0.05) is 24.3 Å². The van der Waals surface area contributed by atoms with Crippen LogP contribution in [0.5, 0.6) is 0 Å². The lowest BCUT2D eigenvalue weighted by Gasteiger charge is -2.34. The molecule has 1 saturated heterocycles. The summed E-state index contributed by atoms with van der Waals surface area (Å²) in [5.41, 5.74) is 0. The highest BCUT2D eigenvalue weighted by Crippen LogP contribution is 2.33. The smallest absolute Gasteiger partial charge is 0.0960 e. The third-order valence-corrected chi connectivity index (χ3v) is 4.84. The topological polar surface area (TPSA) is 27.1 Å². The molecule has 1 N–H and O–H groups in total. The van der Waals surface area contributed by atoms with Crippen molar-refractivity contribution in [3.05, 3.63) is 0 Å². The van der Waals surface area contributed by atoms with E-state index in [1.54, 1.807) is 0 Å². The first-order chi connectivity index (χ1) is 7.31. The van der Waals surface area contributed by atoms with Gasteiger partial charge in [-0.05, 0) is 37.9 Å². The van der Waals surface area contributed by atoms with E-state index >= 15 is 0 Å². The number of nitrogens with one attached hydrogen (secondary N) is 1. The van der Waals surface area contributed by atoms with Crippen molar-refractivity contribution in [1.29, 1.82) is 5.41 Å². The summed E-state index contributed by atoms with van der Waals surface area (Å²) < 4.78 is 0. The van der Waals surface area contributed by atoms with Crippen LogP contribution in [0.25, 0.3) is 0 Å². The van der Waals surface area contributed by atoms with E-state index < -0.39 is 0 Å². The molecule has 2 rings (SSSR count). The maximum Gasteiger partial charge on any atom is 0.0960 e. The molecule has 1 saturated carbocycles. The highest BCUT2D eigenvalue weighted by atomic mass is 32.2. The number of piperidine rings is 1. The molecule has 0 amide bonds. The molecule has 2 nitrogen and oxygen atoms in total. The van der Waals surface area contributed by atoms with Crippen molar-refractivity contribution in [3.63, 3.8) is 0 Å². The van der Waals surface area contributed by atoms with Gasteiger partial charge in [-0.3, -0.25) is 5.41 Å². The predicted octanol–water partition coefficient (Wildman–Crippen LogP) is 3.12. The van der Waals surface area contributed by atoms with E-state index in [9.17, 15) is 0 Å². The zero-order valence-corrected chi connectivity index (χ0v) is 10.5. The molecular weight excluding hydrogens is 204 g/mol. The van der Waals surface area contributed by atoms with Gasteiger partial charge in [-0.25, -0.2) is 0 Å². The first kappa shape index (κ1) is 11.3. The SMILES string of the molecule is CCSC1CCC(N2CCCCC2=N)C1. The summed E-state index contributed by atoms with van der Waals surface area (Å²) in [5, 5.41) is 8.87. The van der Waals surface area contributed by atoms with Crippen LogP contribution in [-0.4, -0.2) is 34.3 Å². The van der Waals surface area contributed by atoms with Gasteiger partial charge in [0.2, 0.25) is 0 Å². The normalized spacial score (nSPS) is 32.3. The summed E-state index contributed by atoms with van der Waals surface area (Å²) in [6.07, 6.45) is 7.55. The van der Waals surface area contributed by atoms with Gasteiger partial charge in [-0.15, -0.1) is 0 Å². The molecule has 86 valence electrons. The molecule has 3 heteroatoms. The Hall–Kier alpha value is -0.180. The van der Waals surface area contributed by atoms with Crippen LogP contribution in [0.3, 0.4) is 0 Å². The fourth-order valence-electron chi connectivity index (χ4n) is 2.84. The molecule has 2 aliphatic rings. The first-order valence-electron chi connectivity index (χ1n) is 6.27. The van der Waals surface area contributed by atoms with E-state index in [-0.39, 0.29) is 0 Å². The van der Waals surface area contributed by atoms with Crippen molar-refractivity contribution in [2.45, 2.75) is 56.7 Å². The Morgan fingerprint density at radius 1 is 1.40 bits per heavy atom. The Kier molecular flexibility index (Phi) is 3.95. The Bertz CT molecular complexity index is 230. The Balaban J connectivity index is 1.86. The summed E-state index contributed by atoms with van der Waals surface area (Å²) >= 11 is 2.11. The van der Waals surface area contributed by atoms with Crippen LogP contribution in [0.15, 0.2) is 0 Å². The van der Waals surface area contributed by atoms with Crippen LogP contribution in [-0.2, 0) is 0 Å². The third-order valence-electron chi connectivity index (χ3n) is 3.61. The number of amidine groups is 1. The van der Waals surface area contributed by atoms with Crippen LogP contribution in [0.1, 0.15) is 45.4 Å². The minimum Gasteiger partial charge on any atom is -0.358 e. The largest absolute Gasteiger partial charge is 0.358 e. The lowest BCUT2D eigenvalue weighted by atomic mass is 10.1. The van der Waals surface area contributed by atoms with E-state index in [1.165, 1.54) is 37.9 Å². The lowest BCUT2D eigenvalue weighted by Crippen LogP contribution is -2.41.